The van der Waals surface area contributed by atoms with Gasteiger partial charge in [0.15, 0.2) is 5.13 Å². The van der Waals surface area contributed by atoms with E-state index in [0.717, 1.165) is 29.5 Å². The number of hydrogen-bond acceptors (Lipinski definition) is 5. The number of para-hydroxylation sites is 1. The molecule has 0 saturated carbocycles. The van der Waals surface area contributed by atoms with Crippen molar-refractivity contribution in [3.05, 3.63) is 83.4 Å². The van der Waals surface area contributed by atoms with Crippen molar-refractivity contribution in [3.63, 3.8) is 0 Å². The second-order valence-corrected chi connectivity index (χ2v) is 9.07. The van der Waals surface area contributed by atoms with Gasteiger partial charge < -0.3 is 14.5 Å². The molecule has 5 nitrogen and oxygen atoms in total. The molecule has 0 radical (unpaired) electrons. The lowest BCUT2D eigenvalue weighted by Gasteiger charge is -2.34. The van der Waals surface area contributed by atoms with Gasteiger partial charge in [0.25, 0.3) is 5.91 Å². The number of fused-ring (bicyclic) bond motifs is 1. The van der Waals surface area contributed by atoms with E-state index >= 15 is 0 Å². The predicted octanol–water partition coefficient (Wildman–Crippen LogP) is 5.67. The van der Waals surface area contributed by atoms with E-state index in [1.807, 2.05) is 59.5 Å². The quantitative estimate of drug-likeness (QED) is 0.408. The maximum atomic E-state index is 13.1. The van der Waals surface area contributed by atoms with Gasteiger partial charge in [0.05, 0.1) is 10.2 Å². The number of aryl methyl sites for hydroxylation is 2. The Morgan fingerprint density at radius 2 is 1.59 bits per heavy atom. The molecule has 0 N–H and O–H groups in total. The molecule has 0 bridgehead atoms. The van der Waals surface area contributed by atoms with Crippen molar-refractivity contribution in [1.29, 1.82) is 0 Å². The van der Waals surface area contributed by atoms with Gasteiger partial charge in [-0.3, -0.25) is 4.79 Å². The molecular formula is C26H25N3O2S. The second-order valence-electron chi connectivity index (χ2n) is 8.10. The van der Waals surface area contributed by atoms with Crippen LogP contribution in [0.4, 0.5) is 5.13 Å². The van der Waals surface area contributed by atoms with Crippen LogP contribution in [0, 0.1) is 13.8 Å². The zero-order chi connectivity index (χ0) is 22.1. The Morgan fingerprint density at radius 1 is 0.875 bits per heavy atom. The van der Waals surface area contributed by atoms with Crippen LogP contribution in [0.15, 0.2) is 66.7 Å². The molecule has 0 atom stereocenters. The van der Waals surface area contributed by atoms with Gasteiger partial charge in [-0.15, -0.1) is 0 Å². The first kappa shape index (κ1) is 20.5. The standard InChI is InChI=1S/C26H25N3O2S/c1-18-11-12-19(2)24-23(18)27-26(32-24)29-15-13-28(14-16-29)25(30)20-7-6-10-22(17-20)31-21-8-4-3-5-9-21/h3-12,17H,13-16H2,1-2H3. The van der Waals surface area contributed by atoms with Crippen molar-refractivity contribution < 1.29 is 9.53 Å². The first-order valence-corrected chi connectivity index (χ1v) is 11.6. The molecule has 162 valence electrons. The number of amides is 1. The molecule has 3 aromatic carbocycles. The van der Waals surface area contributed by atoms with Crippen LogP contribution in [0.2, 0.25) is 0 Å². The molecule has 0 unspecified atom stereocenters. The topological polar surface area (TPSA) is 45.7 Å². The van der Waals surface area contributed by atoms with Crippen molar-refractivity contribution in [2.24, 2.45) is 0 Å². The molecule has 1 amide bonds. The summed E-state index contributed by atoms with van der Waals surface area (Å²) in [6.45, 7) is 7.16. The number of carbonyl (C=O) groups is 1. The monoisotopic (exact) mass is 443 g/mol. The number of nitrogens with zero attached hydrogens (tertiary/aromatic N) is 3. The summed E-state index contributed by atoms with van der Waals surface area (Å²) in [7, 11) is 0. The fourth-order valence-corrected chi connectivity index (χ4v) is 5.15. The van der Waals surface area contributed by atoms with Crippen LogP contribution >= 0.6 is 11.3 Å². The minimum absolute atomic E-state index is 0.0409. The number of ether oxygens (including phenoxy) is 1. The smallest absolute Gasteiger partial charge is 0.254 e. The largest absolute Gasteiger partial charge is 0.457 e. The Kier molecular flexibility index (Phi) is 5.53. The fourth-order valence-electron chi connectivity index (χ4n) is 3.98. The summed E-state index contributed by atoms with van der Waals surface area (Å²) in [6.07, 6.45) is 0. The van der Waals surface area contributed by atoms with Crippen LogP contribution in [0.3, 0.4) is 0 Å². The number of thiazole rings is 1. The highest BCUT2D eigenvalue weighted by Crippen LogP contribution is 2.33. The highest BCUT2D eigenvalue weighted by atomic mass is 32.1. The third-order valence-corrected chi connectivity index (χ3v) is 7.08. The van der Waals surface area contributed by atoms with E-state index in [1.54, 1.807) is 11.3 Å². The summed E-state index contributed by atoms with van der Waals surface area (Å²) in [5, 5.41) is 1.04. The Balaban J connectivity index is 1.26. The molecule has 1 saturated heterocycles. The zero-order valence-corrected chi connectivity index (χ0v) is 19.1. The lowest BCUT2D eigenvalue weighted by molar-refractivity contribution is 0.0746. The van der Waals surface area contributed by atoms with Crippen LogP contribution in [0.1, 0.15) is 21.5 Å². The van der Waals surface area contributed by atoms with Gasteiger partial charge in [-0.25, -0.2) is 4.98 Å². The maximum absolute atomic E-state index is 13.1. The highest BCUT2D eigenvalue weighted by Gasteiger charge is 2.24. The van der Waals surface area contributed by atoms with Crippen LogP contribution in [-0.4, -0.2) is 42.0 Å². The van der Waals surface area contributed by atoms with E-state index in [4.69, 9.17) is 9.72 Å². The van der Waals surface area contributed by atoms with Crippen molar-refractivity contribution in [1.82, 2.24) is 9.88 Å². The van der Waals surface area contributed by atoms with Gasteiger partial charge >= 0.3 is 0 Å². The Bertz CT molecular complexity index is 1220. The lowest BCUT2D eigenvalue weighted by atomic mass is 10.1. The first-order valence-electron chi connectivity index (χ1n) is 10.8. The van der Waals surface area contributed by atoms with Gasteiger partial charge in [0.1, 0.15) is 11.5 Å². The summed E-state index contributed by atoms with van der Waals surface area (Å²) < 4.78 is 7.15. The number of carbonyl (C=O) groups excluding carboxylic acids is 1. The first-order chi connectivity index (χ1) is 15.6. The second kappa shape index (κ2) is 8.63. The van der Waals surface area contributed by atoms with E-state index in [0.29, 0.717) is 24.4 Å². The number of hydrogen-bond donors (Lipinski definition) is 0. The van der Waals surface area contributed by atoms with Crippen LogP contribution in [-0.2, 0) is 0 Å². The molecule has 1 fully saturated rings. The fraction of sp³-hybridized carbons (Fsp3) is 0.231. The zero-order valence-electron chi connectivity index (χ0n) is 18.2. The molecular weight excluding hydrogens is 418 g/mol. The minimum atomic E-state index is 0.0409. The number of piperazine rings is 1. The molecule has 4 aromatic rings. The number of benzene rings is 3. The van der Waals surface area contributed by atoms with Gasteiger partial charge in [-0.2, -0.15) is 0 Å². The van der Waals surface area contributed by atoms with Gasteiger partial charge in [0, 0.05) is 31.7 Å². The molecule has 32 heavy (non-hydrogen) atoms. The van der Waals surface area contributed by atoms with Crippen LogP contribution in [0.5, 0.6) is 11.5 Å². The predicted molar refractivity (Wildman–Crippen MR) is 130 cm³/mol. The third kappa shape index (κ3) is 4.06. The number of anilines is 1. The molecule has 1 aliphatic rings. The van der Waals surface area contributed by atoms with Gasteiger partial charge in [-0.05, 0) is 55.3 Å². The number of rotatable bonds is 4. The summed E-state index contributed by atoms with van der Waals surface area (Å²) in [5.41, 5.74) is 4.22. The van der Waals surface area contributed by atoms with Crippen LogP contribution in [0.25, 0.3) is 10.2 Å². The summed E-state index contributed by atoms with van der Waals surface area (Å²) in [6, 6.07) is 21.3. The normalized spacial score (nSPS) is 14.1. The number of aromatic nitrogens is 1. The minimum Gasteiger partial charge on any atom is -0.457 e. The highest BCUT2D eigenvalue weighted by molar-refractivity contribution is 7.22. The molecule has 0 aliphatic carbocycles. The van der Waals surface area contributed by atoms with Gasteiger partial charge in [0.2, 0.25) is 0 Å². The molecule has 1 aliphatic heterocycles. The van der Waals surface area contributed by atoms with Gasteiger partial charge in [-0.1, -0.05) is 47.7 Å². The van der Waals surface area contributed by atoms with E-state index < -0.39 is 0 Å². The SMILES string of the molecule is Cc1ccc(C)c2sc(N3CCN(C(=O)c4cccc(Oc5ccccc5)c4)CC3)nc12. The van der Waals surface area contributed by atoms with E-state index in [1.165, 1.54) is 15.8 Å². The summed E-state index contributed by atoms with van der Waals surface area (Å²) in [4.78, 5) is 22.2. The van der Waals surface area contributed by atoms with E-state index in [2.05, 4.69) is 30.9 Å². The average molecular weight is 444 g/mol. The van der Waals surface area contributed by atoms with Crippen molar-refractivity contribution in [3.8, 4) is 11.5 Å². The molecule has 5 rings (SSSR count). The maximum Gasteiger partial charge on any atom is 0.254 e. The third-order valence-electron chi connectivity index (χ3n) is 5.83. The lowest BCUT2D eigenvalue weighted by Crippen LogP contribution is -2.48. The Labute approximate surface area is 191 Å². The summed E-state index contributed by atoms with van der Waals surface area (Å²) >= 11 is 1.75. The van der Waals surface area contributed by atoms with Crippen LogP contribution < -0.4 is 9.64 Å². The Hall–Kier alpha value is -3.38. The molecule has 2 heterocycles. The molecule has 6 heteroatoms. The average Bonchev–Trinajstić information content (AvgIpc) is 3.29. The van der Waals surface area contributed by atoms with Crippen molar-refractivity contribution >= 4 is 32.6 Å². The Morgan fingerprint density at radius 3 is 2.34 bits per heavy atom. The van der Waals surface area contributed by atoms with Crippen molar-refractivity contribution in [2.75, 3.05) is 31.1 Å². The summed E-state index contributed by atoms with van der Waals surface area (Å²) in [5.74, 6) is 1.46. The molecule has 0 spiro atoms. The van der Waals surface area contributed by atoms with E-state index in [9.17, 15) is 4.79 Å². The van der Waals surface area contributed by atoms with E-state index in [-0.39, 0.29) is 5.91 Å². The van der Waals surface area contributed by atoms with Crippen molar-refractivity contribution in [2.45, 2.75) is 13.8 Å². The molecule has 1 aromatic heterocycles.